The van der Waals surface area contributed by atoms with Gasteiger partial charge in [0.15, 0.2) is 11.6 Å². The molecule has 0 radical (unpaired) electrons. The van der Waals surface area contributed by atoms with Crippen LogP contribution < -0.4 is 5.32 Å². The van der Waals surface area contributed by atoms with Crippen LogP contribution in [-0.2, 0) is 11.2 Å². The highest BCUT2D eigenvalue weighted by atomic mass is 19.2. The summed E-state index contributed by atoms with van der Waals surface area (Å²) in [7, 11) is 0. The molecule has 0 bridgehead atoms. The van der Waals surface area contributed by atoms with Crippen LogP contribution in [0.25, 0.3) is 0 Å². The van der Waals surface area contributed by atoms with Crippen LogP contribution in [-0.4, -0.2) is 11.4 Å². The van der Waals surface area contributed by atoms with Gasteiger partial charge in [0.25, 0.3) is 0 Å². The van der Waals surface area contributed by atoms with Crippen molar-refractivity contribution in [2.45, 2.75) is 25.8 Å². The molecule has 0 aliphatic rings. The molecule has 1 aromatic rings. The predicted molar refractivity (Wildman–Crippen MR) is 57.9 cm³/mol. The molecule has 0 aliphatic heterocycles. The Kier molecular flexibility index (Phi) is 3.79. The molecule has 0 saturated heterocycles. The van der Waals surface area contributed by atoms with Crippen LogP contribution >= 0.6 is 0 Å². The largest absolute Gasteiger partial charge is 0.338 e. The number of rotatable bonds is 3. The van der Waals surface area contributed by atoms with E-state index in [9.17, 15) is 13.6 Å². The summed E-state index contributed by atoms with van der Waals surface area (Å²) in [5, 5.41) is 11.1. The van der Waals surface area contributed by atoms with E-state index in [1.54, 1.807) is 0 Å². The summed E-state index contributed by atoms with van der Waals surface area (Å²) in [6, 6.07) is 5.53. The lowest BCUT2D eigenvalue weighted by atomic mass is 10.1. The second kappa shape index (κ2) is 4.91. The number of amides is 1. The maximum absolute atomic E-state index is 13.3. The molecular weight excluding hydrogens is 226 g/mol. The Morgan fingerprint density at radius 1 is 1.47 bits per heavy atom. The molecular formula is C12H12F2N2O. The number of halogens is 2. The number of nitrogens with zero attached hydrogens (tertiary/aromatic N) is 1. The lowest BCUT2D eigenvalue weighted by Crippen LogP contribution is -2.42. The van der Waals surface area contributed by atoms with Crippen molar-refractivity contribution in [3.63, 3.8) is 0 Å². The van der Waals surface area contributed by atoms with Crippen LogP contribution in [0.4, 0.5) is 8.78 Å². The Balaban J connectivity index is 2.76. The van der Waals surface area contributed by atoms with Gasteiger partial charge in [0.2, 0.25) is 5.91 Å². The SMILES string of the molecule is CC(C)(C#N)NC(=O)Cc1cccc(F)c1F. The van der Waals surface area contributed by atoms with Gasteiger partial charge in [0.1, 0.15) is 5.54 Å². The van der Waals surface area contributed by atoms with Gasteiger partial charge in [-0.2, -0.15) is 5.26 Å². The molecule has 0 unspecified atom stereocenters. The smallest absolute Gasteiger partial charge is 0.225 e. The van der Waals surface area contributed by atoms with E-state index < -0.39 is 23.1 Å². The quantitative estimate of drug-likeness (QED) is 0.874. The molecule has 0 fully saturated rings. The first-order chi connectivity index (χ1) is 7.85. The van der Waals surface area contributed by atoms with Gasteiger partial charge in [-0.3, -0.25) is 4.79 Å². The standard InChI is InChI=1S/C12H12F2N2O/c1-12(2,7-15)16-10(17)6-8-4-3-5-9(13)11(8)14/h3-5H,6H2,1-2H3,(H,16,17). The van der Waals surface area contributed by atoms with Gasteiger partial charge in [0, 0.05) is 5.56 Å². The summed E-state index contributed by atoms with van der Waals surface area (Å²) < 4.78 is 26.1. The summed E-state index contributed by atoms with van der Waals surface area (Å²) in [5.41, 5.74) is -1.06. The Labute approximate surface area is 98.1 Å². The third-order valence-electron chi connectivity index (χ3n) is 2.11. The average Bonchev–Trinajstić information content (AvgIpc) is 2.24. The molecule has 0 saturated carbocycles. The fraction of sp³-hybridized carbons (Fsp3) is 0.333. The molecule has 1 aromatic carbocycles. The summed E-state index contributed by atoms with van der Waals surface area (Å²) in [4.78, 5) is 11.5. The van der Waals surface area contributed by atoms with E-state index in [0.29, 0.717) is 0 Å². The van der Waals surface area contributed by atoms with E-state index in [1.807, 2.05) is 6.07 Å². The van der Waals surface area contributed by atoms with Crippen molar-refractivity contribution in [1.82, 2.24) is 5.32 Å². The molecule has 90 valence electrons. The fourth-order valence-electron chi connectivity index (χ4n) is 1.28. The van der Waals surface area contributed by atoms with Crippen molar-refractivity contribution in [2.75, 3.05) is 0 Å². The van der Waals surface area contributed by atoms with Crippen molar-refractivity contribution in [3.05, 3.63) is 35.4 Å². The topological polar surface area (TPSA) is 52.9 Å². The molecule has 17 heavy (non-hydrogen) atoms. The summed E-state index contributed by atoms with van der Waals surface area (Å²) in [5.74, 6) is -2.55. The Morgan fingerprint density at radius 3 is 2.71 bits per heavy atom. The second-order valence-corrected chi connectivity index (χ2v) is 4.17. The molecule has 5 heteroatoms. The summed E-state index contributed by atoms with van der Waals surface area (Å²) >= 11 is 0. The molecule has 0 spiro atoms. The molecule has 0 heterocycles. The van der Waals surface area contributed by atoms with Crippen LogP contribution in [0.1, 0.15) is 19.4 Å². The van der Waals surface area contributed by atoms with Crippen molar-refractivity contribution in [3.8, 4) is 6.07 Å². The maximum atomic E-state index is 13.3. The maximum Gasteiger partial charge on any atom is 0.225 e. The third kappa shape index (κ3) is 3.52. The van der Waals surface area contributed by atoms with Crippen LogP contribution in [0.15, 0.2) is 18.2 Å². The normalized spacial score (nSPS) is 10.8. The van der Waals surface area contributed by atoms with Crippen molar-refractivity contribution in [1.29, 1.82) is 5.26 Å². The van der Waals surface area contributed by atoms with Gasteiger partial charge < -0.3 is 5.32 Å². The summed E-state index contributed by atoms with van der Waals surface area (Å²) in [6.07, 6.45) is -0.297. The second-order valence-electron chi connectivity index (χ2n) is 4.17. The Morgan fingerprint density at radius 2 is 2.12 bits per heavy atom. The first kappa shape index (κ1) is 13.1. The predicted octanol–water partition coefficient (Wildman–Crippen LogP) is 1.93. The zero-order valence-corrected chi connectivity index (χ0v) is 9.55. The lowest BCUT2D eigenvalue weighted by molar-refractivity contribution is -0.121. The third-order valence-corrected chi connectivity index (χ3v) is 2.11. The van der Waals surface area contributed by atoms with E-state index in [0.717, 1.165) is 6.07 Å². The van der Waals surface area contributed by atoms with E-state index in [2.05, 4.69) is 5.32 Å². The average molecular weight is 238 g/mol. The van der Waals surface area contributed by atoms with Gasteiger partial charge in [-0.1, -0.05) is 12.1 Å². The minimum absolute atomic E-state index is 0.0313. The number of carbonyl (C=O) groups is 1. The molecule has 0 aromatic heterocycles. The Bertz CT molecular complexity index is 478. The zero-order chi connectivity index (χ0) is 13.1. The number of benzene rings is 1. The number of hydrogen-bond acceptors (Lipinski definition) is 2. The zero-order valence-electron chi connectivity index (χ0n) is 9.55. The van der Waals surface area contributed by atoms with Crippen molar-refractivity contribution < 1.29 is 13.6 Å². The molecule has 1 N–H and O–H groups in total. The van der Waals surface area contributed by atoms with E-state index in [4.69, 9.17) is 5.26 Å². The molecule has 1 rings (SSSR count). The molecule has 1 amide bonds. The fourth-order valence-corrected chi connectivity index (χ4v) is 1.28. The van der Waals surface area contributed by atoms with Crippen LogP contribution in [0, 0.1) is 23.0 Å². The van der Waals surface area contributed by atoms with E-state index >= 15 is 0 Å². The highest BCUT2D eigenvalue weighted by molar-refractivity contribution is 5.79. The van der Waals surface area contributed by atoms with Gasteiger partial charge in [0.05, 0.1) is 12.5 Å². The minimum atomic E-state index is -1.03. The highest BCUT2D eigenvalue weighted by Crippen LogP contribution is 2.12. The van der Waals surface area contributed by atoms with Gasteiger partial charge in [-0.15, -0.1) is 0 Å². The lowest BCUT2D eigenvalue weighted by Gasteiger charge is -2.17. The summed E-state index contributed by atoms with van der Waals surface area (Å²) in [6.45, 7) is 3.04. The molecule has 0 atom stereocenters. The van der Waals surface area contributed by atoms with Crippen LogP contribution in [0.3, 0.4) is 0 Å². The number of nitriles is 1. The number of hydrogen-bond donors (Lipinski definition) is 1. The van der Waals surface area contributed by atoms with Gasteiger partial charge >= 0.3 is 0 Å². The van der Waals surface area contributed by atoms with Crippen LogP contribution in [0.5, 0.6) is 0 Å². The van der Waals surface area contributed by atoms with E-state index in [1.165, 1.54) is 26.0 Å². The van der Waals surface area contributed by atoms with Crippen LogP contribution in [0.2, 0.25) is 0 Å². The first-order valence-electron chi connectivity index (χ1n) is 5.01. The van der Waals surface area contributed by atoms with Gasteiger partial charge in [-0.05, 0) is 19.9 Å². The van der Waals surface area contributed by atoms with Crippen molar-refractivity contribution in [2.24, 2.45) is 0 Å². The Hall–Kier alpha value is -1.96. The van der Waals surface area contributed by atoms with E-state index in [-0.39, 0.29) is 12.0 Å². The minimum Gasteiger partial charge on any atom is -0.338 e. The monoisotopic (exact) mass is 238 g/mol. The first-order valence-corrected chi connectivity index (χ1v) is 5.01. The molecule has 0 aliphatic carbocycles. The van der Waals surface area contributed by atoms with Crippen molar-refractivity contribution >= 4 is 5.91 Å². The highest BCUT2D eigenvalue weighted by Gasteiger charge is 2.20. The number of nitrogens with one attached hydrogen (secondary N) is 1. The number of carbonyl (C=O) groups excluding carboxylic acids is 1. The van der Waals surface area contributed by atoms with Gasteiger partial charge in [-0.25, -0.2) is 8.78 Å². The molecule has 3 nitrogen and oxygen atoms in total.